The second-order valence-corrected chi connectivity index (χ2v) is 4.21. The SMILES string of the molecule is O=C(Cl)c1ccccc1C[S][Al]. The molecule has 0 N–H and O–H groups in total. The zero-order chi connectivity index (χ0) is 8.97. The minimum atomic E-state index is -0.385. The predicted molar refractivity (Wildman–Crippen MR) is 53.7 cm³/mol. The molecule has 2 radical (unpaired) electrons. The van der Waals surface area contributed by atoms with Crippen molar-refractivity contribution in [2.24, 2.45) is 0 Å². The molecule has 0 heterocycles. The predicted octanol–water partition coefficient (Wildman–Crippen LogP) is 2.38. The third-order valence-corrected chi connectivity index (χ3v) is 2.65. The van der Waals surface area contributed by atoms with Crippen molar-refractivity contribution in [2.45, 2.75) is 5.75 Å². The fraction of sp³-hybridized carbons (Fsp3) is 0.125. The van der Waals surface area contributed by atoms with Gasteiger partial charge >= 0.3 is 0 Å². The third kappa shape index (κ3) is 2.53. The van der Waals surface area contributed by atoms with Crippen LogP contribution in [0, 0.1) is 0 Å². The topological polar surface area (TPSA) is 17.1 Å². The van der Waals surface area contributed by atoms with Crippen LogP contribution >= 0.6 is 21.7 Å². The number of hydrogen-bond acceptors (Lipinski definition) is 2. The number of carbonyl (C=O) groups is 1. The molecule has 0 spiro atoms. The molecule has 60 valence electrons. The summed E-state index contributed by atoms with van der Waals surface area (Å²) in [6.45, 7) is 0. The Hall–Kier alpha value is 0.0625. The molecule has 0 saturated carbocycles. The van der Waals surface area contributed by atoms with Gasteiger partial charge in [-0.1, -0.05) is 18.2 Å². The molecule has 0 atom stereocenters. The van der Waals surface area contributed by atoms with Crippen molar-refractivity contribution in [1.82, 2.24) is 0 Å². The molecule has 1 aromatic carbocycles. The Morgan fingerprint density at radius 1 is 1.50 bits per heavy atom. The average Bonchev–Trinajstić information content (AvgIpc) is 2.05. The Bertz CT molecular complexity index is 290. The summed E-state index contributed by atoms with van der Waals surface area (Å²) in [5.41, 5.74) is 1.59. The van der Waals surface area contributed by atoms with Gasteiger partial charge in [0.1, 0.15) is 0 Å². The molecule has 0 fully saturated rings. The molecule has 0 aromatic heterocycles. The van der Waals surface area contributed by atoms with Gasteiger partial charge in [0.15, 0.2) is 0 Å². The smallest absolute Gasteiger partial charge is 0.252 e. The lowest BCUT2D eigenvalue weighted by atomic mass is 10.1. The van der Waals surface area contributed by atoms with Crippen LogP contribution in [-0.4, -0.2) is 20.4 Å². The fourth-order valence-electron chi connectivity index (χ4n) is 0.928. The zero-order valence-electron chi connectivity index (χ0n) is 6.29. The van der Waals surface area contributed by atoms with Gasteiger partial charge in [0.05, 0.1) is 0 Å². The Morgan fingerprint density at radius 2 is 2.17 bits per heavy atom. The highest BCUT2D eigenvalue weighted by Gasteiger charge is 2.05. The van der Waals surface area contributed by atoms with Gasteiger partial charge in [-0.05, 0) is 29.0 Å². The maximum Gasteiger partial charge on any atom is 0.252 e. The second kappa shape index (κ2) is 4.94. The first-order valence-corrected chi connectivity index (χ1v) is 6.19. The molecular formula is C8H6AlClOS. The molecule has 1 nitrogen and oxygen atoms in total. The molecule has 0 bridgehead atoms. The van der Waals surface area contributed by atoms with Crippen molar-refractivity contribution >= 4 is 42.1 Å². The molecule has 0 unspecified atom stereocenters. The van der Waals surface area contributed by atoms with E-state index in [-0.39, 0.29) is 5.24 Å². The van der Waals surface area contributed by atoms with E-state index >= 15 is 0 Å². The third-order valence-electron chi connectivity index (χ3n) is 1.47. The quantitative estimate of drug-likeness (QED) is 0.565. The molecule has 0 aliphatic heterocycles. The molecule has 0 aliphatic rings. The summed E-state index contributed by atoms with van der Waals surface area (Å²) in [7, 11) is 1.59. The largest absolute Gasteiger partial charge is 0.282 e. The van der Waals surface area contributed by atoms with Crippen molar-refractivity contribution in [3.05, 3.63) is 35.4 Å². The van der Waals surface area contributed by atoms with Gasteiger partial charge in [-0.3, -0.25) is 14.9 Å². The lowest BCUT2D eigenvalue weighted by Gasteiger charge is -2.03. The van der Waals surface area contributed by atoms with Crippen molar-refractivity contribution in [1.29, 1.82) is 0 Å². The summed E-state index contributed by atoms with van der Waals surface area (Å²) in [5, 5.41) is -0.385. The number of halogens is 1. The second-order valence-electron chi connectivity index (χ2n) is 2.24. The summed E-state index contributed by atoms with van der Waals surface area (Å²) in [5.74, 6) is 0.791. The van der Waals surface area contributed by atoms with E-state index < -0.39 is 0 Å². The first-order chi connectivity index (χ1) is 5.75. The number of benzene rings is 1. The minimum Gasteiger partial charge on any atom is -0.282 e. The zero-order valence-corrected chi connectivity index (χ0v) is 9.02. The minimum absolute atomic E-state index is 0.385. The average molecular weight is 213 g/mol. The Labute approximate surface area is 88.0 Å². The Kier molecular flexibility index (Phi) is 4.17. The number of carbonyl (C=O) groups excluding carboxylic acids is 1. The highest BCUT2D eigenvalue weighted by molar-refractivity contribution is 8.19. The maximum absolute atomic E-state index is 10.9. The van der Waals surface area contributed by atoms with Gasteiger partial charge in [-0.25, -0.2) is 0 Å². The van der Waals surface area contributed by atoms with Crippen molar-refractivity contribution in [3.8, 4) is 0 Å². The van der Waals surface area contributed by atoms with E-state index in [0.717, 1.165) is 11.3 Å². The summed E-state index contributed by atoms with van der Waals surface area (Å²) in [6.07, 6.45) is 0. The first-order valence-electron chi connectivity index (χ1n) is 3.35. The summed E-state index contributed by atoms with van der Waals surface area (Å²) in [6, 6.07) is 7.37. The van der Waals surface area contributed by atoms with Crippen LogP contribution in [0.4, 0.5) is 0 Å². The van der Waals surface area contributed by atoms with Crippen molar-refractivity contribution < 1.29 is 4.79 Å². The van der Waals surface area contributed by atoms with Crippen molar-refractivity contribution in [2.75, 3.05) is 0 Å². The molecule has 0 aliphatic carbocycles. The van der Waals surface area contributed by atoms with Crippen LogP contribution in [0.3, 0.4) is 0 Å². The van der Waals surface area contributed by atoms with Gasteiger partial charge < -0.3 is 0 Å². The van der Waals surface area contributed by atoms with Crippen LogP contribution in [-0.2, 0) is 5.75 Å². The van der Waals surface area contributed by atoms with Crippen LogP contribution < -0.4 is 0 Å². The lowest BCUT2D eigenvalue weighted by Crippen LogP contribution is -1.95. The summed E-state index contributed by atoms with van der Waals surface area (Å²) >= 11 is 7.93. The first kappa shape index (κ1) is 10.1. The number of hydrogen-bond donors (Lipinski definition) is 0. The number of rotatable bonds is 3. The monoisotopic (exact) mass is 212 g/mol. The molecule has 0 amide bonds. The molecule has 0 saturated heterocycles. The van der Waals surface area contributed by atoms with Gasteiger partial charge in [0, 0.05) is 5.56 Å². The van der Waals surface area contributed by atoms with E-state index in [1.807, 2.05) is 18.2 Å². The van der Waals surface area contributed by atoms with Crippen LogP contribution in [0.2, 0.25) is 0 Å². The van der Waals surface area contributed by atoms with Crippen LogP contribution in [0.15, 0.2) is 24.3 Å². The Balaban J connectivity index is 3.00. The lowest BCUT2D eigenvalue weighted by molar-refractivity contribution is 0.108. The maximum atomic E-state index is 10.9. The standard InChI is InChI=1S/C8H7ClOS.Al/c9-8(10)7-4-2-1-3-6(7)5-11;/h1-4,11H,5H2;/q;+1/p-1. The van der Waals surface area contributed by atoms with Crippen LogP contribution in [0.1, 0.15) is 15.9 Å². The molecule has 1 aromatic rings. The molecule has 4 heteroatoms. The van der Waals surface area contributed by atoms with Gasteiger partial charge in [-0.2, -0.15) is 0 Å². The molecular weight excluding hydrogens is 207 g/mol. The van der Waals surface area contributed by atoms with Crippen LogP contribution in [0.5, 0.6) is 0 Å². The van der Waals surface area contributed by atoms with E-state index in [0.29, 0.717) is 5.56 Å². The van der Waals surface area contributed by atoms with E-state index in [2.05, 4.69) is 15.2 Å². The Morgan fingerprint density at radius 3 is 2.75 bits per heavy atom. The fourth-order valence-corrected chi connectivity index (χ4v) is 2.08. The van der Waals surface area contributed by atoms with Crippen molar-refractivity contribution in [3.63, 3.8) is 0 Å². The summed E-state index contributed by atoms with van der Waals surface area (Å²) in [4.78, 5) is 10.9. The van der Waals surface area contributed by atoms with Gasteiger partial charge in [-0.15, -0.1) is 0 Å². The van der Waals surface area contributed by atoms with E-state index in [9.17, 15) is 4.79 Å². The highest BCUT2D eigenvalue weighted by Crippen LogP contribution is 2.15. The highest BCUT2D eigenvalue weighted by atomic mass is 35.5. The van der Waals surface area contributed by atoms with Gasteiger partial charge in [0.25, 0.3) is 5.24 Å². The van der Waals surface area contributed by atoms with E-state index in [1.54, 1.807) is 16.2 Å². The molecule has 1 rings (SSSR count). The van der Waals surface area contributed by atoms with E-state index in [1.165, 1.54) is 0 Å². The van der Waals surface area contributed by atoms with E-state index in [4.69, 9.17) is 11.6 Å². The normalized spacial score (nSPS) is 9.75. The van der Waals surface area contributed by atoms with Crippen LogP contribution in [0.25, 0.3) is 0 Å². The summed E-state index contributed by atoms with van der Waals surface area (Å²) < 4.78 is 0. The van der Waals surface area contributed by atoms with Gasteiger partial charge in [0.2, 0.25) is 15.2 Å². The molecule has 12 heavy (non-hydrogen) atoms.